The molecule has 22 heavy (non-hydrogen) atoms. The zero-order valence-electron chi connectivity index (χ0n) is 13.9. The molecule has 0 saturated heterocycles. The van der Waals surface area contributed by atoms with Gasteiger partial charge in [0.15, 0.2) is 5.69 Å². The Morgan fingerprint density at radius 1 is 1.23 bits per heavy atom. The minimum Gasteiger partial charge on any atom is -0.346 e. The lowest BCUT2D eigenvalue weighted by atomic mass is 9.66. The standard InChI is InChI=1S/C19H24N2O/c1-6-19(7-2)15-11-16(20-5)13(12-8-9-12)10-14(15)18(3,4)21-17(19)22/h10-12H,6-9H2,1-4H3,(H,21,22). The van der Waals surface area contributed by atoms with E-state index >= 15 is 0 Å². The van der Waals surface area contributed by atoms with Crippen molar-refractivity contribution in [2.45, 2.75) is 70.3 Å². The fourth-order valence-electron chi connectivity index (χ4n) is 3.88. The Kier molecular flexibility index (Phi) is 3.32. The van der Waals surface area contributed by atoms with Gasteiger partial charge in [0.2, 0.25) is 5.91 Å². The first-order valence-corrected chi connectivity index (χ1v) is 8.28. The molecule has 0 radical (unpaired) electrons. The van der Waals surface area contributed by atoms with Crippen LogP contribution in [0.4, 0.5) is 5.69 Å². The predicted molar refractivity (Wildman–Crippen MR) is 88.1 cm³/mol. The fraction of sp³-hybridized carbons (Fsp3) is 0.579. The minimum absolute atomic E-state index is 0.102. The average molecular weight is 296 g/mol. The molecule has 0 spiro atoms. The maximum Gasteiger partial charge on any atom is 0.231 e. The summed E-state index contributed by atoms with van der Waals surface area (Å²) < 4.78 is 0. The van der Waals surface area contributed by atoms with Crippen LogP contribution in [-0.4, -0.2) is 5.91 Å². The summed E-state index contributed by atoms with van der Waals surface area (Å²) in [6, 6.07) is 4.23. The Hall–Kier alpha value is -1.82. The third-order valence-corrected chi connectivity index (χ3v) is 5.56. The second-order valence-corrected chi connectivity index (χ2v) is 7.21. The second-order valence-electron chi connectivity index (χ2n) is 7.21. The van der Waals surface area contributed by atoms with E-state index in [1.54, 1.807) is 0 Å². The molecular formula is C19H24N2O. The van der Waals surface area contributed by atoms with Gasteiger partial charge in [-0.1, -0.05) is 26.0 Å². The first kappa shape index (κ1) is 15.1. The number of nitrogens with one attached hydrogen (secondary N) is 1. The summed E-state index contributed by atoms with van der Waals surface area (Å²) in [6.07, 6.45) is 3.89. The van der Waals surface area contributed by atoms with Crippen LogP contribution >= 0.6 is 0 Å². The van der Waals surface area contributed by atoms with E-state index in [1.807, 2.05) is 6.07 Å². The highest BCUT2D eigenvalue weighted by Crippen LogP contribution is 2.50. The lowest BCUT2D eigenvalue weighted by molar-refractivity contribution is -0.130. The van der Waals surface area contributed by atoms with E-state index < -0.39 is 5.41 Å². The number of benzene rings is 1. The molecule has 3 nitrogen and oxygen atoms in total. The van der Waals surface area contributed by atoms with Gasteiger partial charge < -0.3 is 5.32 Å². The van der Waals surface area contributed by atoms with Crippen molar-refractivity contribution in [3.8, 4) is 0 Å². The van der Waals surface area contributed by atoms with Crippen molar-refractivity contribution in [1.82, 2.24) is 5.32 Å². The molecule has 2 aliphatic rings. The summed E-state index contributed by atoms with van der Waals surface area (Å²) >= 11 is 0. The third kappa shape index (κ3) is 1.97. The molecule has 116 valence electrons. The number of carbonyl (C=O) groups excluding carboxylic acids is 1. The van der Waals surface area contributed by atoms with E-state index in [0.717, 1.165) is 24.1 Å². The Morgan fingerprint density at radius 2 is 1.86 bits per heavy atom. The molecule has 3 heteroatoms. The van der Waals surface area contributed by atoms with Gasteiger partial charge in [-0.2, -0.15) is 0 Å². The maximum atomic E-state index is 12.8. The van der Waals surface area contributed by atoms with Gasteiger partial charge >= 0.3 is 0 Å². The number of hydrogen-bond donors (Lipinski definition) is 1. The highest BCUT2D eigenvalue weighted by Gasteiger charge is 2.47. The van der Waals surface area contributed by atoms with Crippen LogP contribution in [0.3, 0.4) is 0 Å². The zero-order valence-corrected chi connectivity index (χ0v) is 13.9. The topological polar surface area (TPSA) is 33.5 Å². The highest BCUT2D eigenvalue weighted by molar-refractivity contribution is 5.92. The van der Waals surface area contributed by atoms with Gasteiger partial charge in [0.25, 0.3) is 0 Å². The molecule has 3 rings (SSSR count). The van der Waals surface area contributed by atoms with E-state index in [9.17, 15) is 4.79 Å². The van der Waals surface area contributed by atoms with Crippen LogP contribution in [0.1, 0.15) is 76.0 Å². The number of fused-ring (bicyclic) bond motifs is 1. The number of carbonyl (C=O) groups is 1. The summed E-state index contributed by atoms with van der Waals surface area (Å²) in [5.41, 5.74) is 3.33. The Morgan fingerprint density at radius 3 is 2.36 bits per heavy atom. The quantitative estimate of drug-likeness (QED) is 0.816. The van der Waals surface area contributed by atoms with E-state index in [1.165, 1.54) is 24.0 Å². The van der Waals surface area contributed by atoms with Crippen LogP contribution in [0.15, 0.2) is 12.1 Å². The Labute approximate surface area is 132 Å². The Bertz CT molecular complexity index is 673. The van der Waals surface area contributed by atoms with Crippen molar-refractivity contribution in [2.75, 3.05) is 0 Å². The normalized spacial score (nSPS) is 21.7. The summed E-state index contributed by atoms with van der Waals surface area (Å²) in [5.74, 6) is 0.644. The van der Waals surface area contributed by atoms with Crippen molar-refractivity contribution >= 4 is 11.6 Å². The van der Waals surface area contributed by atoms with Gasteiger partial charge in [0.05, 0.1) is 17.5 Å². The molecule has 1 saturated carbocycles. The molecule has 0 unspecified atom stereocenters. The molecule has 0 atom stereocenters. The van der Waals surface area contributed by atoms with Crippen molar-refractivity contribution < 1.29 is 4.79 Å². The number of rotatable bonds is 3. The van der Waals surface area contributed by atoms with Crippen LogP contribution in [0.2, 0.25) is 0 Å². The van der Waals surface area contributed by atoms with Crippen molar-refractivity contribution in [1.29, 1.82) is 0 Å². The average Bonchev–Trinajstić information content (AvgIpc) is 3.31. The molecule has 1 aromatic rings. The predicted octanol–water partition coefficient (Wildman–Crippen LogP) is 4.54. The number of amides is 1. The summed E-state index contributed by atoms with van der Waals surface area (Å²) in [6.45, 7) is 15.8. The summed E-state index contributed by atoms with van der Waals surface area (Å²) in [7, 11) is 0. The van der Waals surface area contributed by atoms with E-state index in [-0.39, 0.29) is 11.4 Å². The molecular weight excluding hydrogens is 272 g/mol. The largest absolute Gasteiger partial charge is 0.346 e. The molecule has 1 amide bonds. The van der Waals surface area contributed by atoms with Crippen molar-refractivity contribution in [3.63, 3.8) is 0 Å². The summed E-state index contributed by atoms with van der Waals surface area (Å²) in [5, 5.41) is 3.21. The molecule has 1 aliphatic heterocycles. The van der Waals surface area contributed by atoms with Crippen molar-refractivity contribution in [3.05, 3.63) is 40.2 Å². The fourth-order valence-corrected chi connectivity index (χ4v) is 3.88. The number of nitrogens with zero attached hydrogens (tertiary/aromatic N) is 1. The van der Waals surface area contributed by atoms with Gasteiger partial charge in [-0.05, 0) is 62.1 Å². The van der Waals surface area contributed by atoms with E-state index in [4.69, 9.17) is 6.57 Å². The van der Waals surface area contributed by atoms with Crippen LogP contribution in [0, 0.1) is 6.57 Å². The van der Waals surface area contributed by atoms with Gasteiger partial charge in [0.1, 0.15) is 0 Å². The molecule has 0 bridgehead atoms. The molecule has 1 aromatic carbocycles. The molecule has 1 N–H and O–H groups in total. The molecule has 1 heterocycles. The van der Waals surface area contributed by atoms with E-state index in [2.05, 4.69) is 43.9 Å². The van der Waals surface area contributed by atoms with Gasteiger partial charge in [0, 0.05) is 0 Å². The minimum atomic E-state index is -0.494. The Balaban J connectivity index is 2.30. The third-order valence-electron chi connectivity index (χ3n) is 5.56. The van der Waals surface area contributed by atoms with Gasteiger partial charge in [-0.3, -0.25) is 4.79 Å². The smallest absolute Gasteiger partial charge is 0.231 e. The van der Waals surface area contributed by atoms with Gasteiger partial charge in [-0.15, -0.1) is 0 Å². The van der Waals surface area contributed by atoms with Crippen LogP contribution in [-0.2, 0) is 15.7 Å². The second kappa shape index (κ2) is 4.84. The lowest BCUT2D eigenvalue weighted by Gasteiger charge is -2.45. The van der Waals surface area contributed by atoms with Crippen LogP contribution in [0.25, 0.3) is 4.85 Å². The van der Waals surface area contributed by atoms with Crippen LogP contribution < -0.4 is 5.32 Å². The van der Waals surface area contributed by atoms with Crippen molar-refractivity contribution in [2.24, 2.45) is 0 Å². The number of hydrogen-bond acceptors (Lipinski definition) is 1. The monoisotopic (exact) mass is 296 g/mol. The molecule has 1 fully saturated rings. The zero-order chi connectivity index (χ0) is 16.1. The summed E-state index contributed by atoms with van der Waals surface area (Å²) in [4.78, 5) is 16.6. The first-order valence-electron chi connectivity index (χ1n) is 8.28. The molecule has 1 aliphatic carbocycles. The van der Waals surface area contributed by atoms with Crippen LogP contribution in [0.5, 0.6) is 0 Å². The lowest BCUT2D eigenvalue weighted by Crippen LogP contribution is -2.56. The van der Waals surface area contributed by atoms with Gasteiger partial charge in [-0.25, -0.2) is 4.85 Å². The SMILES string of the molecule is [C-]#[N+]c1cc2c(cc1C1CC1)C(C)(C)NC(=O)C2(CC)CC. The maximum absolute atomic E-state index is 12.8. The highest BCUT2D eigenvalue weighted by atomic mass is 16.2. The van der Waals surface area contributed by atoms with E-state index in [0.29, 0.717) is 5.92 Å². The first-order chi connectivity index (χ1) is 10.4. The molecule has 0 aromatic heterocycles.